The number of benzene rings is 1. The maximum atomic E-state index is 13.2. The van der Waals surface area contributed by atoms with Crippen LogP contribution in [0.15, 0.2) is 18.2 Å². The number of hydroxylamine groups is 2. The highest BCUT2D eigenvalue weighted by molar-refractivity contribution is 5.48. The summed E-state index contributed by atoms with van der Waals surface area (Å²) < 4.78 is 39.7. The van der Waals surface area contributed by atoms with Crippen molar-refractivity contribution in [2.75, 3.05) is 27.2 Å². The van der Waals surface area contributed by atoms with Gasteiger partial charge in [-0.2, -0.15) is 18.0 Å². The molecule has 0 spiro atoms. The van der Waals surface area contributed by atoms with Gasteiger partial charge in [0.15, 0.2) is 5.69 Å². The minimum Gasteiger partial charge on any atom is -0.593 e. The fourth-order valence-electron chi connectivity index (χ4n) is 2.84. The Hall–Kier alpha value is -1.15. The van der Waals surface area contributed by atoms with Crippen molar-refractivity contribution < 1.29 is 18.4 Å². The predicted octanol–water partition coefficient (Wildman–Crippen LogP) is 3.41. The van der Waals surface area contributed by atoms with Crippen LogP contribution in [0.4, 0.5) is 18.9 Å². The highest BCUT2D eigenvalue weighted by atomic mass is 19.4. The SMILES string of the molecule is CN1CCC(Cc2ccc([N+](C)([O-])O)cc2C(F)(F)F)CC1. The second-order valence-corrected chi connectivity index (χ2v) is 6.17. The van der Waals surface area contributed by atoms with Crippen LogP contribution < -0.4 is 4.81 Å². The zero-order valence-electron chi connectivity index (χ0n) is 12.7. The summed E-state index contributed by atoms with van der Waals surface area (Å²) in [6.45, 7) is 1.77. The molecule has 1 aromatic carbocycles. The molecular formula is C15H21F3N2O2. The highest BCUT2D eigenvalue weighted by Gasteiger charge is 2.35. The van der Waals surface area contributed by atoms with Gasteiger partial charge in [0.2, 0.25) is 0 Å². The molecule has 1 heterocycles. The van der Waals surface area contributed by atoms with Gasteiger partial charge in [-0.1, -0.05) is 6.07 Å². The van der Waals surface area contributed by atoms with Crippen LogP contribution >= 0.6 is 0 Å². The summed E-state index contributed by atoms with van der Waals surface area (Å²) in [6.07, 6.45) is -2.46. The molecule has 1 aromatic rings. The van der Waals surface area contributed by atoms with Crippen LogP contribution in [0.25, 0.3) is 0 Å². The minimum atomic E-state index is -4.54. The lowest BCUT2D eigenvalue weighted by molar-refractivity contribution is -0.138. The molecule has 1 fully saturated rings. The lowest BCUT2D eigenvalue weighted by Gasteiger charge is -2.31. The first-order valence-corrected chi connectivity index (χ1v) is 7.27. The first-order valence-electron chi connectivity index (χ1n) is 7.27. The quantitative estimate of drug-likeness (QED) is 0.686. The molecule has 2 rings (SSSR count). The van der Waals surface area contributed by atoms with Gasteiger partial charge in [-0.25, -0.2) is 5.21 Å². The number of hydrogen-bond acceptors (Lipinski definition) is 3. The number of alkyl halides is 3. The van der Waals surface area contributed by atoms with Gasteiger partial charge in [0.1, 0.15) is 7.05 Å². The molecule has 0 radical (unpaired) electrons. The first-order chi connectivity index (χ1) is 10.1. The maximum absolute atomic E-state index is 13.2. The second-order valence-electron chi connectivity index (χ2n) is 6.17. The number of quaternary nitrogens is 1. The Morgan fingerprint density at radius 3 is 2.41 bits per heavy atom. The second kappa shape index (κ2) is 6.16. The first kappa shape index (κ1) is 17.2. The molecule has 0 aromatic heterocycles. The number of piperidine rings is 1. The van der Waals surface area contributed by atoms with Gasteiger partial charge in [0.05, 0.1) is 5.56 Å². The minimum absolute atomic E-state index is 0.194. The number of halogens is 3. The fraction of sp³-hybridized carbons (Fsp3) is 0.600. The van der Waals surface area contributed by atoms with Crippen LogP contribution in [-0.2, 0) is 12.6 Å². The molecule has 124 valence electrons. The molecule has 1 N–H and O–H groups in total. The van der Waals surface area contributed by atoms with Crippen LogP contribution in [-0.4, -0.2) is 37.3 Å². The molecule has 22 heavy (non-hydrogen) atoms. The monoisotopic (exact) mass is 318 g/mol. The third kappa shape index (κ3) is 4.19. The topological polar surface area (TPSA) is 46.5 Å². The molecule has 0 bridgehead atoms. The molecule has 0 saturated carbocycles. The van der Waals surface area contributed by atoms with E-state index < -0.39 is 16.5 Å². The van der Waals surface area contributed by atoms with E-state index in [0.717, 1.165) is 39.0 Å². The zero-order valence-corrected chi connectivity index (χ0v) is 12.7. The van der Waals surface area contributed by atoms with E-state index in [0.29, 0.717) is 6.42 Å². The molecule has 1 aliphatic heterocycles. The van der Waals surface area contributed by atoms with Gasteiger partial charge in [-0.15, -0.1) is 0 Å². The molecule has 1 saturated heterocycles. The van der Waals surface area contributed by atoms with Crippen LogP contribution in [0.5, 0.6) is 0 Å². The van der Waals surface area contributed by atoms with Crippen LogP contribution in [0.3, 0.4) is 0 Å². The highest BCUT2D eigenvalue weighted by Crippen LogP contribution is 2.37. The van der Waals surface area contributed by atoms with Crippen LogP contribution in [0.2, 0.25) is 0 Å². The molecular weight excluding hydrogens is 297 g/mol. The number of rotatable bonds is 3. The largest absolute Gasteiger partial charge is 0.593 e. The van der Waals surface area contributed by atoms with Crippen molar-refractivity contribution >= 4 is 5.69 Å². The number of likely N-dealkylation sites (tertiary alicyclic amines) is 1. The maximum Gasteiger partial charge on any atom is 0.416 e. The van der Waals surface area contributed by atoms with E-state index in [2.05, 4.69) is 4.90 Å². The smallest absolute Gasteiger partial charge is 0.416 e. The van der Waals surface area contributed by atoms with Crippen molar-refractivity contribution in [3.05, 3.63) is 34.5 Å². The fourth-order valence-corrected chi connectivity index (χ4v) is 2.84. The van der Waals surface area contributed by atoms with Gasteiger partial charge in [-0.05, 0) is 50.9 Å². The van der Waals surface area contributed by atoms with Crippen molar-refractivity contribution in [3.8, 4) is 0 Å². The summed E-state index contributed by atoms with van der Waals surface area (Å²) in [5.41, 5.74) is -0.947. The van der Waals surface area contributed by atoms with E-state index >= 15 is 0 Å². The van der Waals surface area contributed by atoms with Crippen molar-refractivity contribution in [2.24, 2.45) is 5.92 Å². The zero-order chi connectivity index (χ0) is 16.5. The molecule has 1 unspecified atom stereocenters. The normalized spacial score (nSPS) is 20.9. The third-order valence-electron chi connectivity index (χ3n) is 4.22. The van der Waals surface area contributed by atoms with E-state index in [-0.39, 0.29) is 17.2 Å². The van der Waals surface area contributed by atoms with Crippen LogP contribution in [0, 0.1) is 11.1 Å². The standard InChI is InChI=1S/C15H21F3N2O2/c1-19-7-5-11(6-8-19)9-12-3-4-13(20(2,21)22)10-14(12)15(16,17)18/h3-4,10-11,21H,5-9H2,1-2H3. The Morgan fingerprint density at radius 2 is 1.91 bits per heavy atom. The summed E-state index contributed by atoms with van der Waals surface area (Å²) >= 11 is 0. The average molecular weight is 318 g/mol. The Bertz CT molecular complexity index is 518. The van der Waals surface area contributed by atoms with Crippen molar-refractivity contribution in [1.29, 1.82) is 0 Å². The summed E-state index contributed by atoms with van der Waals surface area (Å²) in [5, 5.41) is 20.8. The van der Waals surface area contributed by atoms with Crippen molar-refractivity contribution in [1.82, 2.24) is 9.71 Å². The Balaban J connectivity index is 2.27. The van der Waals surface area contributed by atoms with Crippen molar-refractivity contribution in [2.45, 2.75) is 25.4 Å². The van der Waals surface area contributed by atoms with Crippen LogP contribution in [0.1, 0.15) is 24.0 Å². The van der Waals surface area contributed by atoms with E-state index in [1.54, 1.807) is 0 Å². The summed E-state index contributed by atoms with van der Waals surface area (Å²) in [7, 11) is 2.88. The molecule has 4 nitrogen and oxygen atoms in total. The molecule has 1 atom stereocenters. The number of nitrogens with zero attached hydrogens (tertiary/aromatic N) is 2. The van der Waals surface area contributed by atoms with Gasteiger partial charge in [-0.3, -0.25) is 0 Å². The summed E-state index contributed by atoms with van der Waals surface area (Å²) in [6, 6.07) is 3.35. The average Bonchev–Trinajstić information content (AvgIpc) is 2.39. The molecule has 1 aliphatic rings. The van der Waals surface area contributed by atoms with E-state index in [9.17, 15) is 23.6 Å². The van der Waals surface area contributed by atoms with Gasteiger partial charge >= 0.3 is 6.18 Å². The summed E-state index contributed by atoms with van der Waals surface area (Å²) in [4.78, 5) is 0.300. The molecule has 0 aliphatic carbocycles. The van der Waals surface area contributed by atoms with E-state index in [1.165, 1.54) is 12.1 Å². The Kier molecular flexibility index (Phi) is 4.81. The lowest BCUT2D eigenvalue weighted by Crippen LogP contribution is -2.34. The van der Waals surface area contributed by atoms with Crippen molar-refractivity contribution in [3.63, 3.8) is 0 Å². The summed E-state index contributed by atoms with van der Waals surface area (Å²) in [5.74, 6) is 0.213. The van der Waals surface area contributed by atoms with E-state index in [1.807, 2.05) is 7.05 Å². The molecule has 0 amide bonds. The predicted molar refractivity (Wildman–Crippen MR) is 78.2 cm³/mol. The Morgan fingerprint density at radius 1 is 1.32 bits per heavy atom. The Labute approximate surface area is 127 Å². The van der Waals surface area contributed by atoms with Gasteiger partial charge in [0, 0.05) is 12.1 Å². The lowest BCUT2D eigenvalue weighted by atomic mass is 9.88. The van der Waals surface area contributed by atoms with Gasteiger partial charge < -0.3 is 10.1 Å². The van der Waals surface area contributed by atoms with Gasteiger partial charge in [0.25, 0.3) is 0 Å². The third-order valence-corrected chi connectivity index (χ3v) is 4.22. The van der Waals surface area contributed by atoms with E-state index in [4.69, 9.17) is 0 Å². The molecule has 7 heteroatoms. The number of hydrogen-bond donors (Lipinski definition) is 1.